The van der Waals surface area contributed by atoms with E-state index in [2.05, 4.69) is 5.32 Å². The van der Waals surface area contributed by atoms with Gasteiger partial charge in [0.2, 0.25) is 10.0 Å². The van der Waals surface area contributed by atoms with Crippen molar-refractivity contribution in [2.24, 2.45) is 0 Å². The predicted molar refractivity (Wildman–Crippen MR) is 155 cm³/mol. The number of unbranched alkanes of at least 4 members (excludes halogenated alkanes) is 4. The van der Waals surface area contributed by atoms with Crippen LogP contribution >= 0.6 is 0 Å². The maximum atomic E-state index is 12.5. The Labute approximate surface area is 241 Å². The lowest BCUT2D eigenvalue weighted by atomic mass is 10.1. The number of phenols is 1. The number of hydrogen-bond donors (Lipinski definition) is 4. The standard InChI is InChI=1S/C29H41N3O8S/c1-41(38,39)31-20-28(36)32(29(31)37)25-11-7-9-22(17-25)10-8-16-40-15-6-4-2-3-5-14-30-19-27(35)23-12-13-26(34)24(18-23)21-33/h7,9,11-13,17-18,27,30,33-35H,2-6,8,10,14-16,19-21H2,1H3/t27-/m1/s1. The smallest absolute Gasteiger partial charge is 0.345 e. The van der Waals surface area contributed by atoms with Gasteiger partial charge >= 0.3 is 6.03 Å². The number of rotatable bonds is 18. The number of sulfonamides is 1. The number of amides is 3. The van der Waals surface area contributed by atoms with Crippen molar-refractivity contribution in [2.45, 2.75) is 57.7 Å². The molecule has 11 nitrogen and oxygen atoms in total. The lowest BCUT2D eigenvalue weighted by Crippen LogP contribution is -2.36. The number of nitrogens with zero attached hydrogens (tertiary/aromatic N) is 2. The van der Waals surface area contributed by atoms with E-state index < -0.39 is 34.6 Å². The van der Waals surface area contributed by atoms with E-state index >= 15 is 0 Å². The van der Waals surface area contributed by atoms with E-state index in [0.717, 1.165) is 61.8 Å². The fourth-order valence-corrected chi connectivity index (χ4v) is 5.32. The number of nitrogens with one attached hydrogen (secondary N) is 1. The van der Waals surface area contributed by atoms with Gasteiger partial charge in [0.15, 0.2) is 0 Å². The van der Waals surface area contributed by atoms with Gasteiger partial charge in [-0.3, -0.25) is 4.79 Å². The van der Waals surface area contributed by atoms with Gasteiger partial charge in [-0.1, -0.05) is 37.5 Å². The highest BCUT2D eigenvalue weighted by Crippen LogP contribution is 2.25. The fraction of sp³-hybridized carbons (Fsp3) is 0.517. The summed E-state index contributed by atoms with van der Waals surface area (Å²) in [4.78, 5) is 25.6. The lowest BCUT2D eigenvalue weighted by Gasteiger charge is -2.16. The molecule has 2 aromatic rings. The van der Waals surface area contributed by atoms with Crippen LogP contribution in [0.1, 0.15) is 61.3 Å². The van der Waals surface area contributed by atoms with Crippen LogP contribution in [0.5, 0.6) is 5.75 Å². The van der Waals surface area contributed by atoms with Gasteiger partial charge in [0.05, 0.1) is 24.7 Å². The van der Waals surface area contributed by atoms with Crippen molar-refractivity contribution in [3.05, 3.63) is 59.2 Å². The summed E-state index contributed by atoms with van der Waals surface area (Å²) in [7, 11) is -3.80. The van der Waals surface area contributed by atoms with Gasteiger partial charge in [0.1, 0.15) is 12.3 Å². The molecule has 12 heteroatoms. The summed E-state index contributed by atoms with van der Waals surface area (Å²) in [5.74, 6) is -0.549. The molecule has 0 aliphatic carbocycles. The van der Waals surface area contributed by atoms with Crippen LogP contribution in [-0.2, 0) is 32.6 Å². The number of aryl methyl sites for hydroxylation is 1. The van der Waals surface area contributed by atoms with E-state index in [4.69, 9.17) is 4.74 Å². The quantitative estimate of drug-likeness (QED) is 0.151. The third-order valence-corrected chi connectivity index (χ3v) is 7.98. The average Bonchev–Trinajstić information content (AvgIpc) is 3.25. The molecule has 0 saturated carbocycles. The van der Waals surface area contributed by atoms with E-state index in [9.17, 15) is 33.3 Å². The van der Waals surface area contributed by atoms with Crippen molar-refractivity contribution < 1.29 is 38.1 Å². The van der Waals surface area contributed by atoms with Crippen LogP contribution in [0.25, 0.3) is 0 Å². The monoisotopic (exact) mass is 591 g/mol. The molecule has 1 heterocycles. The lowest BCUT2D eigenvalue weighted by molar-refractivity contribution is -0.116. The molecule has 226 valence electrons. The van der Waals surface area contributed by atoms with E-state index in [1.807, 2.05) is 6.07 Å². The number of ether oxygens (including phenoxy) is 1. The Balaban J connectivity index is 1.21. The highest BCUT2D eigenvalue weighted by atomic mass is 32.2. The second-order valence-corrected chi connectivity index (χ2v) is 12.1. The van der Waals surface area contributed by atoms with Gasteiger partial charge in [-0.05, 0) is 67.6 Å². The first-order chi connectivity index (χ1) is 19.6. The first-order valence-electron chi connectivity index (χ1n) is 13.9. The highest BCUT2D eigenvalue weighted by Gasteiger charge is 2.41. The molecule has 1 atom stereocenters. The topological polar surface area (TPSA) is 157 Å². The molecule has 1 fully saturated rings. The van der Waals surface area contributed by atoms with Crippen molar-refractivity contribution in [3.63, 3.8) is 0 Å². The summed E-state index contributed by atoms with van der Waals surface area (Å²) in [6.45, 7) is 1.74. The zero-order valence-electron chi connectivity index (χ0n) is 23.5. The first-order valence-corrected chi connectivity index (χ1v) is 15.8. The van der Waals surface area contributed by atoms with Crippen LogP contribution in [-0.4, -0.2) is 79.1 Å². The molecule has 1 saturated heterocycles. The number of carbonyl (C=O) groups is 2. The summed E-state index contributed by atoms with van der Waals surface area (Å²) in [5, 5.41) is 32.4. The zero-order valence-corrected chi connectivity index (χ0v) is 24.3. The van der Waals surface area contributed by atoms with Gasteiger partial charge < -0.3 is 25.4 Å². The van der Waals surface area contributed by atoms with Crippen molar-refractivity contribution in [3.8, 4) is 5.75 Å². The number of aliphatic hydroxyl groups excluding tert-OH is 2. The minimum absolute atomic E-state index is 0.0208. The number of anilines is 1. The molecule has 0 radical (unpaired) electrons. The predicted octanol–water partition coefficient (Wildman–Crippen LogP) is 2.84. The second kappa shape index (κ2) is 15.8. The number of benzene rings is 2. The number of aromatic hydroxyl groups is 1. The molecule has 1 aliphatic heterocycles. The SMILES string of the molecule is CS(=O)(=O)N1CC(=O)N(c2cccc(CCCOCCCCCCCNC[C@@H](O)c3ccc(O)c(CO)c3)c2)C1=O. The van der Waals surface area contributed by atoms with Gasteiger partial charge in [-0.2, -0.15) is 0 Å². The Kier molecular flexibility index (Phi) is 12.5. The third-order valence-electron chi connectivity index (χ3n) is 6.89. The Hall–Kier alpha value is -3.03. The van der Waals surface area contributed by atoms with Gasteiger partial charge in [-0.25, -0.2) is 22.4 Å². The molecule has 0 unspecified atom stereocenters. The molecule has 4 N–H and O–H groups in total. The molecular formula is C29H41N3O8S. The molecule has 0 aromatic heterocycles. The van der Waals surface area contributed by atoms with Crippen molar-refractivity contribution in [1.82, 2.24) is 9.62 Å². The largest absolute Gasteiger partial charge is 0.508 e. The summed E-state index contributed by atoms with van der Waals surface area (Å²) < 4.78 is 29.8. The highest BCUT2D eigenvalue weighted by molar-refractivity contribution is 7.89. The number of imide groups is 1. The molecule has 41 heavy (non-hydrogen) atoms. The normalized spacial score (nSPS) is 14.7. The molecule has 1 aliphatic rings. The van der Waals surface area contributed by atoms with Crippen LogP contribution in [0, 0.1) is 0 Å². The molecule has 0 spiro atoms. The minimum atomic E-state index is -3.80. The van der Waals surface area contributed by atoms with Gasteiger partial charge in [-0.15, -0.1) is 0 Å². The Bertz CT molecular complexity index is 1270. The number of aliphatic hydroxyl groups is 2. The second-order valence-electron chi connectivity index (χ2n) is 10.2. The van der Waals surface area contributed by atoms with Crippen LogP contribution in [0.3, 0.4) is 0 Å². The van der Waals surface area contributed by atoms with Crippen LogP contribution < -0.4 is 10.2 Å². The third kappa shape index (κ3) is 9.79. The molecule has 0 bridgehead atoms. The van der Waals surface area contributed by atoms with Crippen LogP contribution in [0.4, 0.5) is 10.5 Å². The number of hydrogen-bond acceptors (Lipinski definition) is 9. The maximum absolute atomic E-state index is 12.5. The molecule has 3 amide bonds. The van der Waals surface area contributed by atoms with Crippen LogP contribution in [0.15, 0.2) is 42.5 Å². The van der Waals surface area contributed by atoms with Crippen molar-refractivity contribution in [1.29, 1.82) is 0 Å². The maximum Gasteiger partial charge on any atom is 0.345 e. The summed E-state index contributed by atoms with van der Waals surface area (Å²) in [5.41, 5.74) is 2.36. The average molecular weight is 592 g/mol. The number of urea groups is 1. The van der Waals surface area contributed by atoms with Crippen molar-refractivity contribution >= 4 is 27.6 Å². The summed E-state index contributed by atoms with van der Waals surface area (Å²) in [6.07, 6.45) is 6.93. The Morgan fingerprint density at radius 1 is 1.00 bits per heavy atom. The fourth-order valence-electron chi connectivity index (χ4n) is 4.60. The molecular weight excluding hydrogens is 550 g/mol. The Morgan fingerprint density at radius 2 is 1.73 bits per heavy atom. The summed E-state index contributed by atoms with van der Waals surface area (Å²) >= 11 is 0. The number of carbonyl (C=O) groups excluding carboxylic acids is 2. The Morgan fingerprint density at radius 3 is 2.46 bits per heavy atom. The van der Waals surface area contributed by atoms with Gasteiger partial charge in [0.25, 0.3) is 5.91 Å². The summed E-state index contributed by atoms with van der Waals surface area (Å²) in [6, 6.07) is 10.9. The molecule has 3 rings (SSSR count). The van der Waals surface area contributed by atoms with E-state index in [1.54, 1.807) is 30.3 Å². The zero-order chi connectivity index (χ0) is 29.8. The molecule has 2 aromatic carbocycles. The van der Waals surface area contributed by atoms with E-state index in [-0.39, 0.29) is 12.4 Å². The van der Waals surface area contributed by atoms with Crippen LogP contribution in [0.2, 0.25) is 0 Å². The van der Waals surface area contributed by atoms with Gasteiger partial charge in [0, 0.05) is 25.3 Å². The van der Waals surface area contributed by atoms with E-state index in [0.29, 0.717) is 47.3 Å². The van der Waals surface area contributed by atoms with Crippen molar-refractivity contribution in [2.75, 3.05) is 44.0 Å². The van der Waals surface area contributed by atoms with E-state index in [1.165, 1.54) is 6.07 Å². The minimum Gasteiger partial charge on any atom is -0.508 e. The first kappa shape index (κ1) is 32.5.